The van der Waals surface area contributed by atoms with E-state index in [2.05, 4.69) is 26.6 Å². The van der Waals surface area contributed by atoms with E-state index in [0.717, 1.165) is 16.6 Å². The van der Waals surface area contributed by atoms with Crippen molar-refractivity contribution in [3.8, 4) is 0 Å². The number of rotatable bonds is 10. The van der Waals surface area contributed by atoms with E-state index in [1.54, 1.807) is 14.2 Å². The highest BCUT2D eigenvalue weighted by molar-refractivity contribution is 9.10. The number of carbonyl (C=O) groups is 1. The fourth-order valence-corrected chi connectivity index (χ4v) is 1.93. The first-order chi connectivity index (χ1) is 10.7. The number of benzene rings is 1. The molecule has 1 aromatic carbocycles. The molecule has 0 radical (unpaired) electrons. The van der Waals surface area contributed by atoms with Crippen molar-refractivity contribution in [1.82, 2.24) is 5.32 Å². The molecule has 124 valence electrons. The molecule has 0 unspecified atom stereocenters. The number of carbonyl (C=O) groups excluding carboxylic acids is 1. The van der Waals surface area contributed by atoms with E-state index in [9.17, 15) is 4.79 Å². The normalized spacial score (nSPS) is 12.0. The summed E-state index contributed by atoms with van der Waals surface area (Å²) in [6.45, 7) is 2.09. The van der Waals surface area contributed by atoms with Crippen molar-refractivity contribution in [2.75, 3.05) is 45.9 Å². The topological polar surface area (TPSA) is 68.8 Å². The van der Waals surface area contributed by atoms with Gasteiger partial charge in [-0.2, -0.15) is 0 Å². The van der Waals surface area contributed by atoms with Crippen LogP contribution >= 0.6 is 15.9 Å². The molecule has 2 N–H and O–H groups in total. The summed E-state index contributed by atoms with van der Waals surface area (Å²) in [4.78, 5) is 11.7. The van der Waals surface area contributed by atoms with Crippen LogP contribution in [-0.2, 0) is 14.2 Å². The second-order valence-corrected chi connectivity index (χ2v) is 5.54. The predicted octanol–water partition coefficient (Wildman–Crippen LogP) is 2.64. The maximum absolute atomic E-state index is 11.7. The van der Waals surface area contributed by atoms with Crippen molar-refractivity contribution in [2.24, 2.45) is 0 Å². The maximum Gasteiger partial charge on any atom is 0.319 e. The molecule has 1 rings (SSSR count). The Kier molecular flexibility index (Phi) is 9.81. The van der Waals surface area contributed by atoms with Gasteiger partial charge in [0.25, 0.3) is 0 Å². The van der Waals surface area contributed by atoms with Gasteiger partial charge in [-0.3, -0.25) is 0 Å². The average molecular weight is 375 g/mol. The number of anilines is 1. The number of methoxy groups -OCH3 is 2. The Balaban J connectivity index is 2.06. The molecule has 0 heterocycles. The number of hydrogen-bond donors (Lipinski definition) is 2. The summed E-state index contributed by atoms with van der Waals surface area (Å²) in [6.07, 6.45) is 0.677. The highest BCUT2D eigenvalue weighted by Gasteiger charge is 2.06. The fraction of sp³-hybridized carbons (Fsp3) is 0.533. The van der Waals surface area contributed by atoms with E-state index in [-0.39, 0.29) is 12.1 Å². The molecule has 2 amide bonds. The van der Waals surface area contributed by atoms with Crippen LogP contribution in [0.15, 0.2) is 28.7 Å². The molecule has 0 bridgehead atoms. The number of hydrogen-bond acceptors (Lipinski definition) is 4. The molecule has 6 nitrogen and oxygen atoms in total. The van der Waals surface area contributed by atoms with Gasteiger partial charge in [0.2, 0.25) is 0 Å². The first-order valence-corrected chi connectivity index (χ1v) is 7.85. The van der Waals surface area contributed by atoms with Gasteiger partial charge in [0, 0.05) is 37.5 Å². The third-order valence-corrected chi connectivity index (χ3v) is 3.37. The first-order valence-electron chi connectivity index (χ1n) is 7.05. The average Bonchev–Trinajstić information content (AvgIpc) is 2.51. The van der Waals surface area contributed by atoms with Gasteiger partial charge in [-0.1, -0.05) is 15.9 Å². The molecule has 0 saturated heterocycles. The third-order valence-electron chi connectivity index (χ3n) is 2.84. The van der Waals surface area contributed by atoms with E-state index in [0.29, 0.717) is 26.4 Å². The van der Waals surface area contributed by atoms with Crippen LogP contribution in [0, 0.1) is 0 Å². The zero-order valence-corrected chi connectivity index (χ0v) is 14.5. The lowest BCUT2D eigenvalue weighted by Crippen LogP contribution is -2.30. The maximum atomic E-state index is 11.7. The van der Waals surface area contributed by atoms with Crippen molar-refractivity contribution in [3.05, 3.63) is 28.7 Å². The number of halogens is 1. The third kappa shape index (κ3) is 8.33. The van der Waals surface area contributed by atoms with Crippen molar-refractivity contribution >= 4 is 27.6 Å². The summed E-state index contributed by atoms with van der Waals surface area (Å²) in [7, 11) is 3.25. The largest absolute Gasteiger partial charge is 0.382 e. The molecule has 22 heavy (non-hydrogen) atoms. The van der Waals surface area contributed by atoms with Crippen LogP contribution in [0.25, 0.3) is 0 Å². The quantitative estimate of drug-likeness (QED) is 0.617. The molecule has 0 fully saturated rings. The number of ether oxygens (including phenoxy) is 3. The van der Waals surface area contributed by atoms with Crippen molar-refractivity contribution < 1.29 is 19.0 Å². The summed E-state index contributed by atoms with van der Waals surface area (Å²) in [5, 5.41) is 5.53. The Morgan fingerprint density at radius 1 is 1.23 bits per heavy atom. The summed E-state index contributed by atoms with van der Waals surface area (Å²) < 4.78 is 16.6. The lowest BCUT2D eigenvalue weighted by atomic mass is 10.3. The summed E-state index contributed by atoms with van der Waals surface area (Å²) >= 11 is 3.34. The molecule has 0 aliphatic carbocycles. The van der Waals surface area contributed by atoms with Crippen LogP contribution in [-0.4, -0.2) is 52.7 Å². The van der Waals surface area contributed by atoms with E-state index < -0.39 is 0 Å². The predicted molar refractivity (Wildman–Crippen MR) is 89.3 cm³/mol. The molecule has 0 saturated carbocycles. The summed E-state index contributed by atoms with van der Waals surface area (Å²) in [5.41, 5.74) is 0.749. The zero-order valence-electron chi connectivity index (χ0n) is 12.9. The van der Waals surface area contributed by atoms with Crippen molar-refractivity contribution in [3.63, 3.8) is 0 Å². The minimum absolute atomic E-state index is 0.0568. The van der Waals surface area contributed by atoms with Gasteiger partial charge in [-0.25, -0.2) is 4.79 Å². The van der Waals surface area contributed by atoms with Crippen LogP contribution in [0.3, 0.4) is 0 Å². The Morgan fingerprint density at radius 3 is 2.59 bits per heavy atom. The smallest absolute Gasteiger partial charge is 0.319 e. The van der Waals surface area contributed by atoms with Crippen molar-refractivity contribution in [1.29, 1.82) is 0 Å². The summed E-state index contributed by atoms with van der Waals surface area (Å²) in [6, 6.07) is 7.17. The second-order valence-electron chi connectivity index (χ2n) is 4.63. The molecule has 0 aliphatic rings. The van der Waals surface area contributed by atoms with Crippen LogP contribution in [0.1, 0.15) is 6.42 Å². The highest BCUT2D eigenvalue weighted by atomic mass is 79.9. The lowest BCUT2D eigenvalue weighted by molar-refractivity contribution is -0.0304. The SMILES string of the molecule is COC[C@H](COCCCNC(=O)Nc1ccc(Br)cc1)OC. The molecule has 7 heteroatoms. The molecule has 0 aromatic heterocycles. The van der Waals surface area contributed by atoms with Crippen LogP contribution in [0.2, 0.25) is 0 Å². The van der Waals surface area contributed by atoms with Gasteiger partial charge in [-0.15, -0.1) is 0 Å². The minimum atomic E-state index is -0.225. The molecular formula is C15H23BrN2O4. The standard InChI is InChI=1S/C15H23BrN2O4/c1-20-10-14(21-2)11-22-9-3-8-17-15(19)18-13-6-4-12(16)5-7-13/h4-7,14H,3,8-11H2,1-2H3,(H2,17,18,19)/t14-/m1/s1. The molecular weight excluding hydrogens is 352 g/mol. The van der Waals surface area contributed by atoms with Gasteiger partial charge in [-0.05, 0) is 30.7 Å². The number of nitrogens with one attached hydrogen (secondary N) is 2. The molecule has 1 aromatic rings. The van der Waals surface area contributed by atoms with Gasteiger partial charge in [0.15, 0.2) is 0 Å². The minimum Gasteiger partial charge on any atom is -0.382 e. The van der Waals surface area contributed by atoms with E-state index >= 15 is 0 Å². The first kappa shape index (κ1) is 18.9. The molecule has 0 spiro atoms. The van der Waals surface area contributed by atoms with Gasteiger partial charge in [0.05, 0.1) is 13.2 Å². The zero-order chi connectivity index (χ0) is 16.2. The van der Waals surface area contributed by atoms with Crippen molar-refractivity contribution in [2.45, 2.75) is 12.5 Å². The van der Waals surface area contributed by atoms with Gasteiger partial charge < -0.3 is 24.8 Å². The highest BCUT2D eigenvalue weighted by Crippen LogP contribution is 2.13. The Hall–Kier alpha value is -1.15. The Bertz CT molecular complexity index is 428. The van der Waals surface area contributed by atoms with Crippen LogP contribution < -0.4 is 10.6 Å². The Morgan fingerprint density at radius 2 is 1.95 bits per heavy atom. The van der Waals surface area contributed by atoms with E-state index in [4.69, 9.17) is 14.2 Å². The van der Waals surface area contributed by atoms with E-state index in [1.807, 2.05) is 24.3 Å². The van der Waals surface area contributed by atoms with Crippen LogP contribution in [0.5, 0.6) is 0 Å². The molecule has 1 atom stereocenters. The summed E-state index contributed by atoms with van der Waals surface area (Å²) in [5.74, 6) is 0. The second kappa shape index (κ2) is 11.4. The monoisotopic (exact) mass is 374 g/mol. The number of amides is 2. The number of urea groups is 1. The van der Waals surface area contributed by atoms with E-state index in [1.165, 1.54) is 0 Å². The lowest BCUT2D eigenvalue weighted by Gasteiger charge is -2.14. The van der Waals surface area contributed by atoms with Crippen LogP contribution in [0.4, 0.5) is 10.5 Å². The molecule has 0 aliphatic heterocycles. The van der Waals surface area contributed by atoms with Gasteiger partial charge >= 0.3 is 6.03 Å². The Labute approximate surface area is 139 Å². The van der Waals surface area contributed by atoms with Gasteiger partial charge in [0.1, 0.15) is 6.10 Å². The fourth-order valence-electron chi connectivity index (χ4n) is 1.67.